The Hall–Kier alpha value is -2.57. The molecule has 0 fully saturated rings. The molecule has 2 aromatic rings. The van der Waals surface area contributed by atoms with Gasteiger partial charge in [0.2, 0.25) is 0 Å². The van der Waals surface area contributed by atoms with E-state index >= 15 is 0 Å². The molecule has 2 rings (SSSR count). The van der Waals surface area contributed by atoms with Crippen molar-refractivity contribution in [1.29, 1.82) is 0 Å². The molecule has 1 heterocycles. The van der Waals surface area contributed by atoms with Gasteiger partial charge in [-0.2, -0.15) is 0 Å². The summed E-state index contributed by atoms with van der Waals surface area (Å²) >= 11 is 0. The fraction of sp³-hybridized carbons (Fsp3) is 0.357. The molecule has 0 amide bonds. The van der Waals surface area contributed by atoms with Gasteiger partial charge in [-0.15, -0.1) is 0 Å². The standard InChI is InChI=1S/C14H16N2O5/c1-7(2)11(13(19)21-3)16-10-6-8(12(17)18)4-5-9(10)15-14(16)20/h4-7,11H,1-3H3,(H,15,20)(H,17,18). The van der Waals surface area contributed by atoms with E-state index in [0.717, 1.165) is 0 Å². The Kier molecular flexibility index (Phi) is 3.84. The lowest BCUT2D eigenvalue weighted by Crippen LogP contribution is -2.32. The number of fused-ring (bicyclic) bond motifs is 1. The third kappa shape index (κ3) is 2.54. The number of aromatic amines is 1. The number of esters is 1. The molecule has 7 nitrogen and oxygen atoms in total. The molecule has 7 heteroatoms. The molecule has 0 saturated carbocycles. The normalized spacial score (nSPS) is 12.6. The van der Waals surface area contributed by atoms with Crippen LogP contribution in [0.4, 0.5) is 0 Å². The lowest BCUT2D eigenvalue weighted by molar-refractivity contribution is -0.146. The van der Waals surface area contributed by atoms with Crippen molar-refractivity contribution < 1.29 is 19.4 Å². The number of aromatic nitrogens is 2. The average Bonchev–Trinajstić information content (AvgIpc) is 2.74. The predicted molar refractivity (Wildman–Crippen MR) is 75.4 cm³/mol. The van der Waals surface area contributed by atoms with Gasteiger partial charge in [0.15, 0.2) is 0 Å². The first-order chi connectivity index (χ1) is 9.86. The second kappa shape index (κ2) is 5.43. The predicted octanol–water partition coefficient (Wildman–Crippen LogP) is 1.40. The number of carboxylic acids is 1. The number of hydrogen-bond donors (Lipinski definition) is 2. The lowest BCUT2D eigenvalue weighted by atomic mass is 10.0. The third-order valence-corrected chi connectivity index (χ3v) is 3.32. The first-order valence-corrected chi connectivity index (χ1v) is 6.42. The maximum Gasteiger partial charge on any atom is 0.335 e. The summed E-state index contributed by atoms with van der Waals surface area (Å²) in [4.78, 5) is 37.8. The first-order valence-electron chi connectivity index (χ1n) is 6.42. The summed E-state index contributed by atoms with van der Waals surface area (Å²) in [5.41, 5.74) is 0.405. The SMILES string of the molecule is COC(=O)C(C(C)C)n1c(=O)[nH]c2ccc(C(=O)O)cc21. The van der Waals surface area contributed by atoms with Crippen LogP contribution >= 0.6 is 0 Å². The van der Waals surface area contributed by atoms with Crippen LogP contribution in [-0.2, 0) is 9.53 Å². The Morgan fingerprint density at radius 2 is 2.00 bits per heavy atom. The number of imidazole rings is 1. The molecule has 112 valence electrons. The molecule has 1 aromatic carbocycles. The van der Waals surface area contributed by atoms with Crippen molar-refractivity contribution in [2.45, 2.75) is 19.9 Å². The number of carbonyl (C=O) groups excluding carboxylic acids is 1. The highest BCUT2D eigenvalue weighted by Gasteiger charge is 2.28. The van der Waals surface area contributed by atoms with Crippen LogP contribution < -0.4 is 5.69 Å². The lowest BCUT2D eigenvalue weighted by Gasteiger charge is -2.19. The second-order valence-electron chi connectivity index (χ2n) is 5.05. The van der Waals surface area contributed by atoms with Gasteiger partial charge in [-0.25, -0.2) is 14.4 Å². The van der Waals surface area contributed by atoms with E-state index in [-0.39, 0.29) is 11.5 Å². The molecule has 0 bridgehead atoms. The van der Waals surface area contributed by atoms with Crippen LogP contribution in [0.15, 0.2) is 23.0 Å². The molecule has 0 aliphatic heterocycles. The van der Waals surface area contributed by atoms with Crippen molar-refractivity contribution in [3.8, 4) is 0 Å². The summed E-state index contributed by atoms with van der Waals surface area (Å²) < 4.78 is 6.00. The maximum absolute atomic E-state index is 12.1. The number of methoxy groups -OCH3 is 1. The summed E-state index contributed by atoms with van der Waals surface area (Å²) in [5, 5.41) is 9.06. The molecular weight excluding hydrogens is 276 g/mol. The van der Waals surface area contributed by atoms with Crippen LogP contribution in [0.3, 0.4) is 0 Å². The second-order valence-corrected chi connectivity index (χ2v) is 5.05. The minimum absolute atomic E-state index is 0.0441. The molecule has 21 heavy (non-hydrogen) atoms. The van der Waals surface area contributed by atoms with Gasteiger partial charge < -0.3 is 14.8 Å². The molecule has 0 saturated heterocycles. The Labute approximate surface area is 120 Å². The average molecular weight is 292 g/mol. The quantitative estimate of drug-likeness (QED) is 0.829. The number of ether oxygens (including phenoxy) is 1. The number of nitrogens with one attached hydrogen (secondary N) is 1. The van der Waals surface area contributed by atoms with Gasteiger partial charge in [-0.1, -0.05) is 13.8 Å². The van der Waals surface area contributed by atoms with Gasteiger partial charge >= 0.3 is 17.6 Å². The number of H-pyrrole nitrogens is 1. The largest absolute Gasteiger partial charge is 0.478 e. The van der Waals surface area contributed by atoms with E-state index in [0.29, 0.717) is 11.0 Å². The van der Waals surface area contributed by atoms with Gasteiger partial charge in [-0.05, 0) is 24.1 Å². The minimum Gasteiger partial charge on any atom is -0.478 e. The number of hydrogen-bond acceptors (Lipinski definition) is 4. The molecule has 0 radical (unpaired) electrons. The zero-order valence-electron chi connectivity index (χ0n) is 11.9. The zero-order valence-corrected chi connectivity index (χ0v) is 11.9. The van der Waals surface area contributed by atoms with Crippen molar-refractivity contribution in [1.82, 2.24) is 9.55 Å². The Bertz CT molecular complexity index is 756. The van der Waals surface area contributed by atoms with Crippen LogP contribution in [0, 0.1) is 5.92 Å². The van der Waals surface area contributed by atoms with Crippen molar-refractivity contribution in [2.24, 2.45) is 5.92 Å². The molecule has 1 atom stereocenters. The van der Waals surface area contributed by atoms with Crippen LogP contribution in [0.5, 0.6) is 0 Å². The van der Waals surface area contributed by atoms with Crippen LogP contribution in [0.2, 0.25) is 0 Å². The monoisotopic (exact) mass is 292 g/mol. The fourth-order valence-electron chi connectivity index (χ4n) is 2.33. The summed E-state index contributed by atoms with van der Waals surface area (Å²) in [5.74, 6) is -1.84. The van der Waals surface area contributed by atoms with Crippen molar-refractivity contribution in [3.63, 3.8) is 0 Å². The summed E-state index contributed by atoms with van der Waals surface area (Å²) in [6.45, 7) is 3.57. The molecule has 0 aliphatic carbocycles. The number of rotatable bonds is 4. The summed E-state index contributed by atoms with van der Waals surface area (Å²) in [6.07, 6.45) is 0. The highest BCUT2D eigenvalue weighted by molar-refractivity contribution is 5.92. The van der Waals surface area contributed by atoms with Gasteiger partial charge in [0, 0.05) is 0 Å². The Morgan fingerprint density at radius 3 is 2.52 bits per heavy atom. The number of aromatic carboxylic acids is 1. The number of carbonyl (C=O) groups is 2. The Morgan fingerprint density at radius 1 is 1.33 bits per heavy atom. The first kappa shape index (κ1) is 14.8. The Balaban J connectivity index is 2.74. The highest BCUT2D eigenvalue weighted by Crippen LogP contribution is 2.23. The molecular formula is C14H16N2O5. The molecule has 1 aromatic heterocycles. The number of carboxylic acid groups (broad SMARTS) is 1. The number of benzene rings is 1. The van der Waals surface area contributed by atoms with Gasteiger partial charge in [0.05, 0.1) is 23.7 Å². The van der Waals surface area contributed by atoms with Crippen LogP contribution in [0.25, 0.3) is 11.0 Å². The molecule has 1 unspecified atom stereocenters. The van der Waals surface area contributed by atoms with E-state index in [1.165, 1.54) is 29.9 Å². The maximum atomic E-state index is 12.1. The topological polar surface area (TPSA) is 101 Å². The molecule has 2 N–H and O–H groups in total. The fourth-order valence-corrected chi connectivity index (χ4v) is 2.33. The third-order valence-electron chi connectivity index (χ3n) is 3.32. The summed E-state index contributed by atoms with van der Waals surface area (Å²) in [7, 11) is 1.25. The van der Waals surface area contributed by atoms with Crippen molar-refractivity contribution >= 4 is 23.0 Å². The van der Waals surface area contributed by atoms with Crippen LogP contribution in [-0.4, -0.2) is 33.7 Å². The van der Waals surface area contributed by atoms with E-state index in [2.05, 4.69) is 4.98 Å². The van der Waals surface area contributed by atoms with Crippen molar-refractivity contribution in [2.75, 3.05) is 7.11 Å². The van der Waals surface area contributed by atoms with Gasteiger partial charge in [0.25, 0.3) is 0 Å². The number of nitrogens with zero attached hydrogens (tertiary/aromatic N) is 1. The smallest absolute Gasteiger partial charge is 0.335 e. The van der Waals surface area contributed by atoms with Crippen molar-refractivity contribution in [3.05, 3.63) is 34.2 Å². The molecule has 0 spiro atoms. The summed E-state index contributed by atoms with van der Waals surface area (Å²) in [6, 6.07) is 3.45. The molecule has 0 aliphatic rings. The highest BCUT2D eigenvalue weighted by atomic mass is 16.5. The van der Waals surface area contributed by atoms with E-state index < -0.39 is 23.7 Å². The van der Waals surface area contributed by atoms with Crippen LogP contribution in [0.1, 0.15) is 30.2 Å². The van der Waals surface area contributed by atoms with E-state index in [9.17, 15) is 14.4 Å². The van der Waals surface area contributed by atoms with E-state index in [4.69, 9.17) is 9.84 Å². The zero-order chi connectivity index (χ0) is 15.7. The van der Waals surface area contributed by atoms with Gasteiger partial charge in [0.1, 0.15) is 6.04 Å². The minimum atomic E-state index is -1.10. The van der Waals surface area contributed by atoms with E-state index in [1.54, 1.807) is 13.8 Å². The van der Waals surface area contributed by atoms with E-state index in [1.807, 2.05) is 0 Å². The van der Waals surface area contributed by atoms with Gasteiger partial charge in [-0.3, -0.25) is 4.57 Å².